The van der Waals surface area contributed by atoms with Crippen LogP contribution in [0.15, 0.2) is 36.4 Å². The molecule has 0 saturated heterocycles. The molecule has 0 unspecified atom stereocenters. The second-order valence-corrected chi connectivity index (χ2v) is 7.53. The Labute approximate surface area is 165 Å². The monoisotopic (exact) mass is 403 g/mol. The molecule has 2 N–H and O–H groups in total. The summed E-state index contributed by atoms with van der Waals surface area (Å²) in [5.41, 5.74) is 2.25. The molecule has 0 bridgehead atoms. The first-order valence-corrected chi connectivity index (χ1v) is 10.3. The first kappa shape index (κ1) is 18.0. The summed E-state index contributed by atoms with van der Waals surface area (Å²) in [5.74, 6) is 2.36. The van der Waals surface area contributed by atoms with Crippen molar-refractivity contribution in [2.24, 2.45) is 0 Å². The quantitative estimate of drug-likeness (QED) is 0.646. The Hall–Kier alpha value is -2.38. The summed E-state index contributed by atoms with van der Waals surface area (Å²) in [5, 5.41) is 3.42. The fourth-order valence-corrected chi connectivity index (χ4v) is 3.73. The highest BCUT2D eigenvalue weighted by Crippen LogP contribution is 2.39. The molecule has 2 heterocycles. The second-order valence-electron chi connectivity index (χ2n) is 6.14. The lowest BCUT2D eigenvalue weighted by molar-refractivity contribution is 0.0933. The van der Waals surface area contributed by atoms with Gasteiger partial charge in [0.05, 0.1) is 22.1 Å². The van der Waals surface area contributed by atoms with Crippen LogP contribution in [0.5, 0.6) is 11.5 Å². The van der Waals surface area contributed by atoms with Gasteiger partial charge in [-0.25, -0.2) is 4.98 Å². The number of amides is 1. The summed E-state index contributed by atoms with van der Waals surface area (Å²) < 4.78 is 10.7. The van der Waals surface area contributed by atoms with Crippen molar-refractivity contribution in [1.29, 1.82) is 0 Å². The van der Waals surface area contributed by atoms with Crippen molar-refractivity contribution >= 4 is 40.3 Å². The molecule has 0 fully saturated rings. The zero-order valence-electron chi connectivity index (χ0n) is 14.6. The van der Waals surface area contributed by atoms with Crippen LogP contribution in [0.2, 0.25) is 5.02 Å². The summed E-state index contributed by atoms with van der Waals surface area (Å²) in [6.45, 7) is 0.107. The van der Waals surface area contributed by atoms with E-state index in [2.05, 4.69) is 15.3 Å². The van der Waals surface area contributed by atoms with Gasteiger partial charge in [0, 0.05) is 5.56 Å². The van der Waals surface area contributed by atoms with Crippen LogP contribution in [0.25, 0.3) is 11.0 Å². The van der Waals surface area contributed by atoms with Gasteiger partial charge in [0.1, 0.15) is 5.82 Å². The molecule has 2 aromatic carbocycles. The number of fused-ring (bicyclic) bond motifs is 2. The van der Waals surface area contributed by atoms with Crippen molar-refractivity contribution in [1.82, 2.24) is 15.3 Å². The smallest absolute Gasteiger partial charge is 0.252 e. The minimum absolute atomic E-state index is 0.107. The number of carbonyl (C=O) groups excluding carboxylic acids is 1. The molecule has 1 aliphatic rings. The van der Waals surface area contributed by atoms with Gasteiger partial charge in [0.25, 0.3) is 5.91 Å². The first-order chi connectivity index (χ1) is 13.2. The van der Waals surface area contributed by atoms with Crippen molar-refractivity contribution < 1.29 is 14.3 Å². The third-order valence-electron chi connectivity index (χ3n) is 4.34. The van der Waals surface area contributed by atoms with Gasteiger partial charge in [0.15, 0.2) is 11.5 Å². The molecule has 6 nitrogen and oxygen atoms in total. The number of halogens is 1. The molecule has 1 aromatic heterocycles. The van der Waals surface area contributed by atoms with Gasteiger partial charge >= 0.3 is 0 Å². The van der Waals surface area contributed by atoms with Crippen molar-refractivity contribution in [2.45, 2.75) is 12.5 Å². The standard InChI is InChI=1S/C19H18ClN3O3S/c1-27-7-6-15(18-21-13-4-2-3-5-14(13)22-18)23-19(24)11-8-12(20)17-16(9-11)25-10-26-17/h2-5,8-9,15H,6-7,10H2,1H3,(H,21,22)(H,23,24)/t15-/m0/s1. The van der Waals surface area contributed by atoms with Crippen LogP contribution in [-0.2, 0) is 0 Å². The molecule has 0 spiro atoms. The molecule has 1 aliphatic heterocycles. The number of benzene rings is 2. The maximum atomic E-state index is 12.8. The fraction of sp³-hybridized carbons (Fsp3) is 0.263. The largest absolute Gasteiger partial charge is 0.454 e. The molecule has 4 rings (SSSR count). The lowest BCUT2D eigenvalue weighted by Crippen LogP contribution is -2.29. The molecule has 0 aliphatic carbocycles. The number of hydrogen-bond acceptors (Lipinski definition) is 5. The van der Waals surface area contributed by atoms with Crippen molar-refractivity contribution in [3.05, 3.63) is 52.8 Å². The van der Waals surface area contributed by atoms with E-state index < -0.39 is 0 Å². The molecule has 1 amide bonds. The molecular weight excluding hydrogens is 386 g/mol. The van der Waals surface area contributed by atoms with Gasteiger partial charge in [-0.2, -0.15) is 11.8 Å². The average Bonchev–Trinajstić information content (AvgIpc) is 3.31. The van der Waals surface area contributed by atoms with Gasteiger partial charge in [0.2, 0.25) is 6.79 Å². The van der Waals surface area contributed by atoms with Gasteiger partial charge in [-0.15, -0.1) is 0 Å². The Morgan fingerprint density at radius 2 is 2.22 bits per heavy atom. The number of nitrogens with one attached hydrogen (secondary N) is 2. The first-order valence-electron chi connectivity index (χ1n) is 8.49. The van der Waals surface area contributed by atoms with Crippen molar-refractivity contribution in [2.75, 3.05) is 18.8 Å². The highest BCUT2D eigenvalue weighted by molar-refractivity contribution is 7.98. The van der Waals surface area contributed by atoms with Crippen LogP contribution >= 0.6 is 23.4 Å². The minimum atomic E-state index is -0.235. The topological polar surface area (TPSA) is 76.2 Å². The Morgan fingerprint density at radius 3 is 3.04 bits per heavy atom. The van der Waals surface area contributed by atoms with Crippen LogP contribution < -0.4 is 14.8 Å². The highest BCUT2D eigenvalue weighted by atomic mass is 35.5. The Bertz CT molecular complexity index is 958. The number of carbonyl (C=O) groups is 1. The van der Waals surface area contributed by atoms with Crippen LogP contribution in [0.1, 0.15) is 28.6 Å². The highest BCUT2D eigenvalue weighted by Gasteiger charge is 2.23. The zero-order chi connectivity index (χ0) is 18.8. The molecule has 27 heavy (non-hydrogen) atoms. The fourth-order valence-electron chi connectivity index (χ4n) is 2.99. The van der Waals surface area contributed by atoms with E-state index in [9.17, 15) is 4.79 Å². The molecule has 8 heteroatoms. The van der Waals surface area contributed by atoms with Gasteiger partial charge in [-0.05, 0) is 42.7 Å². The number of H-pyrrole nitrogens is 1. The number of aromatic amines is 1. The van der Waals surface area contributed by atoms with Crippen LogP contribution in [0.4, 0.5) is 0 Å². The lowest BCUT2D eigenvalue weighted by Gasteiger charge is -2.16. The summed E-state index contributed by atoms with van der Waals surface area (Å²) in [6, 6.07) is 10.8. The predicted molar refractivity (Wildman–Crippen MR) is 107 cm³/mol. The second kappa shape index (κ2) is 7.70. The Morgan fingerprint density at radius 1 is 1.37 bits per heavy atom. The van der Waals surface area contributed by atoms with Crippen molar-refractivity contribution in [3.63, 3.8) is 0 Å². The molecule has 0 saturated carbocycles. The summed E-state index contributed by atoms with van der Waals surface area (Å²) in [7, 11) is 0. The molecular formula is C19H18ClN3O3S. The van der Waals surface area contributed by atoms with E-state index in [1.165, 1.54) is 0 Å². The maximum Gasteiger partial charge on any atom is 0.252 e. The van der Waals surface area contributed by atoms with Crippen molar-refractivity contribution in [3.8, 4) is 11.5 Å². The number of hydrogen-bond donors (Lipinski definition) is 2. The molecule has 140 valence electrons. The Balaban J connectivity index is 1.60. The number of aromatic nitrogens is 2. The number of nitrogens with zero attached hydrogens (tertiary/aromatic N) is 1. The summed E-state index contributed by atoms with van der Waals surface area (Å²) in [6.07, 6.45) is 2.79. The van der Waals surface area contributed by atoms with Crippen LogP contribution in [-0.4, -0.2) is 34.7 Å². The van der Waals surface area contributed by atoms with E-state index in [0.717, 1.165) is 29.0 Å². The van der Waals surface area contributed by atoms with E-state index in [-0.39, 0.29) is 18.7 Å². The number of thioether (sulfide) groups is 1. The van der Waals surface area contributed by atoms with Gasteiger partial charge in [-0.1, -0.05) is 23.7 Å². The maximum absolute atomic E-state index is 12.8. The summed E-state index contributed by atoms with van der Waals surface area (Å²) in [4.78, 5) is 20.8. The van der Waals surface area contributed by atoms with E-state index in [1.807, 2.05) is 30.5 Å². The third kappa shape index (κ3) is 3.70. The SMILES string of the molecule is CSCC[C@H](NC(=O)c1cc(Cl)c2c(c1)OCO2)c1nc2ccccc2[nH]1. The summed E-state index contributed by atoms with van der Waals surface area (Å²) >= 11 is 7.93. The Kier molecular flexibility index (Phi) is 5.13. The van der Waals surface area contributed by atoms with Crippen LogP contribution in [0, 0.1) is 0 Å². The number of rotatable bonds is 6. The van der Waals surface area contributed by atoms with E-state index in [4.69, 9.17) is 21.1 Å². The molecule has 3 aromatic rings. The predicted octanol–water partition coefficient (Wildman–Crippen LogP) is 4.17. The molecule has 1 atom stereocenters. The normalized spacial score (nSPS) is 13.7. The zero-order valence-corrected chi connectivity index (χ0v) is 16.2. The van der Waals surface area contributed by atoms with Crippen LogP contribution in [0.3, 0.4) is 0 Å². The van der Waals surface area contributed by atoms with E-state index in [0.29, 0.717) is 22.1 Å². The van der Waals surface area contributed by atoms with E-state index in [1.54, 1.807) is 23.9 Å². The molecule has 0 radical (unpaired) electrons. The lowest BCUT2D eigenvalue weighted by atomic mass is 10.1. The number of imidazole rings is 1. The number of para-hydroxylation sites is 2. The van der Waals surface area contributed by atoms with E-state index >= 15 is 0 Å². The average molecular weight is 404 g/mol. The third-order valence-corrected chi connectivity index (χ3v) is 5.27. The number of ether oxygens (including phenoxy) is 2. The van der Waals surface area contributed by atoms with Gasteiger partial charge in [-0.3, -0.25) is 4.79 Å². The van der Waals surface area contributed by atoms with Gasteiger partial charge < -0.3 is 19.8 Å². The minimum Gasteiger partial charge on any atom is -0.454 e.